The number of amides is 1. The normalized spacial score (nSPS) is 15.6. The van der Waals surface area contributed by atoms with E-state index >= 15 is 0 Å². The van der Waals surface area contributed by atoms with Gasteiger partial charge >= 0.3 is 6.09 Å². The van der Waals surface area contributed by atoms with E-state index in [0.29, 0.717) is 65.4 Å². The van der Waals surface area contributed by atoms with E-state index in [-0.39, 0.29) is 12.1 Å². The second-order valence-electron chi connectivity index (χ2n) is 14.8. The Bertz CT molecular complexity index is 1920. The second kappa shape index (κ2) is 17.7. The van der Waals surface area contributed by atoms with Gasteiger partial charge in [-0.15, -0.1) is 0 Å². The van der Waals surface area contributed by atoms with Gasteiger partial charge in [-0.3, -0.25) is 9.88 Å². The molecule has 54 heavy (non-hydrogen) atoms. The van der Waals surface area contributed by atoms with Gasteiger partial charge in [-0.2, -0.15) is 0 Å². The van der Waals surface area contributed by atoms with E-state index in [1.807, 2.05) is 69.3 Å². The maximum atomic E-state index is 13.4. The molecule has 0 spiro atoms. The maximum absolute atomic E-state index is 13.4. The lowest BCUT2D eigenvalue weighted by Gasteiger charge is -2.35. The first-order chi connectivity index (χ1) is 26.0. The minimum atomic E-state index is -0.625. The lowest BCUT2D eigenvalue weighted by Crippen LogP contribution is -2.45. The predicted octanol–water partition coefficient (Wildman–Crippen LogP) is 9.33. The largest absolute Gasteiger partial charge is 0.496 e. The summed E-state index contributed by atoms with van der Waals surface area (Å²) in [5.74, 6) is 1.18. The first-order valence-electron chi connectivity index (χ1n) is 18.5. The monoisotopic (exact) mass is 776 g/mol. The van der Waals surface area contributed by atoms with E-state index < -0.39 is 5.60 Å². The third-order valence-electron chi connectivity index (χ3n) is 9.98. The van der Waals surface area contributed by atoms with Crippen molar-refractivity contribution >= 4 is 29.3 Å². The fourth-order valence-corrected chi connectivity index (χ4v) is 7.74. The molecule has 2 aromatic heterocycles. The number of carbonyl (C=O) groups is 1. The van der Waals surface area contributed by atoms with E-state index in [4.69, 9.17) is 51.9 Å². The Labute approximate surface area is 328 Å². The predicted molar refractivity (Wildman–Crippen MR) is 212 cm³/mol. The summed E-state index contributed by atoms with van der Waals surface area (Å²) >= 11 is 14.3. The number of hydrogen-bond donors (Lipinski definition) is 0. The molecular weight excluding hydrogens is 727 g/mol. The molecule has 2 saturated heterocycles. The highest BCUT2D eigenvalue weighted by Crippen LogP contribution is 2.42. The molecule has 0 saturated carbocycles. The SMILES string of the molecule is COc1cc(-c2nccc(-c3cccc(-c4ccc(CN(C)C5CCOCC5)c(OC)n4)c3Cl)c2Cl)ccc1CN(C(=O)OC(C)(C)C)C1CCOCC1. The van der Waals surface area contributed by atoms with Gasteiger partial charge in [-0.1, -0.05) is 59.6 Å². The van der Waals surface area contributed by atoms with Crippen LogP contribution in [0.15, 0.2) is 60.8 Å². The average molecular weight is 778 g/mol. The third-order valence-corrected chi connectivity index (χ3v) is 10.8. The lowest BCUT2D eigenvalue weighted by atomic mass is 9.99. The Kier molecular flexibility index (Phi) is 13.0. The number of nitrogens with zero attached hydrogens (tertiary/aromatic N) is 4. The van der Waals surface area contributed by atoms with Crippen LogP contribution >= 0.6 is 23.2 Å². The number of rotatable bonds is 11. The number of hydrogen-bond acceptors (Lipinski definition) is 9. The molecule has 0 N–H and O–H groups in total. The molecule has 4 aromatic rings. The number of aromatic nitrogens is 2. The molecule has 0 unspecified atom stereocenters. The van der Waals surface area contributed by atoms with Gasteiger partial charge in [0.05, 0.1) is 42.2 Å². The Hall–Kier alpha value is -3.93. The highest BCUT2D eigenvalue weighted by atomic mass is 35.5. The van der Waals surface area contributed by atoms with Crippen LogP contribution < -0.4 is 9.47 Å². The van der Waals surface area contributed by atoms with E-state index in [1.54, 1.807) is 25.3 Å². The summed E-state index contributed by atoms with van der Waals surface area (Å²) in [5.41, 5.74) is 5.50. The number of carbonyl (C=O) groups excluding carboxylic acids is 1. The van der Waals surface area contributed by atoms with Crippen LogP contribution in [0, 0.1) is 0 Å². The zero-order valence-corrected chi connectivity index (χ0v) is 33.5. The highest BCUT2D eigenvalue weighted by Gasteiger charge is 2.31. The number of benzene rings is 2. The summed E-state index contributed by atoms with van der Waals surface area (Å²) in [4.78, 5) is 27.1. The Morgan fingerprint density at radius 2 is 1.46 bits per heavy atom. The van der Waals surface area contributed by atoms with Crippen molar-refractivity contribution in [2.24, 2.45) is 0 Å². The molecule has 2 fully saturated rings. The fraction of sp³-hybridized carbons (Fsp3) is 0.452. The zero-order valence-electron chi connectivity index (χ0n) is 32.0. The molecule has 1 amide bonds. The summed E-state index contributed by atoms with van der Waals surface area (Å²) in [6, 6.07) is 18.0. The molecular formula is C42H50Cl2N4O6. The molecule has 2 aromatic carbocycles. The van der Waals surface area contributed by atoms with E-state index in [0.717, 1.165) is 72.3 Å². The van der Waals surface area contributed by atoms with Gasteiger partial charge in [0, 0.05) is 84.6 Å². The molecule has 2 aliphatic rings. The van der Waals surface area contributed by atoms with Crippen molar-refractivity contribution in [1.82, 2.24) is 19.8 Å². The van der Waals surface area contributed by atoms with Crippen LogP contribution in [0.5, 0.6) is 11.6 Å². The van der Waals surface area contributed by atoms with Gasteiger partial charge in [0.1, 0.15) is 11.4 Å². The molecule has 10 nitrogen and oxygen atoms in total. The summed E-state index contributed by atoms with van der Waals surface area (Å²) < 4.78 is 28.6. The van der Waals surface area contributed by atoms with Gasteiger partial charge < -0.3 is 28.6 Å². The summed E-state index contributed by atoms with van der Waals surface area (Å²) in [6.07, 6.45) is 4.85. The average Bonchev–Trinajstić information content (AvgIpc) is 3.17. The fourth-order valence-electron chi connectivity index (χ4n) is 7.10. The van der Waals surface area contributed by atoms with Crippen LogP contribution in [0.4, 0.5) is 4.79 Å². The molecule has 0 bridgehead atoms. The topological polar surface area (TPSA) is 95.5 Å². The maximum Gasteiger partial charge on any atom is 0.410 e. The number of ether oxygens (including phenoxy) is 5. The molecule has 0 atom stereocenters. The van der Waals surface area contributed by atoms with Crippen molar-refractivity contribution in [1.29, 1.82) is 0 Å². The number of halogens is 2. The van der Waals surface area contributed by atoms with Crippen LogP contribution in [0.1, 0.15) is 57.6 Å². The number of methoxy groups -OCH3 is 2. The first kappa shape index (κ1) is 39.8. The lowest BCUT2D eigenvalue weighted by molar-refractivity contribution is -0.00822. The zero-order chi connectivity index (χ0) is 38.4. The van der Waals surface area contributed by atoms with Gasteiger partial charge in [0.2, 0.25) is 5.88 Å². The van der Waals surface area contributed by atoms with Gasteiger partial charge in [0.15, 0.2) is 0 Å². The van der Waals surface area contributed by atoms with E-state index in [1.165, 1.54) is 0 Å². The minimum Gasteiger partial charge on any atom is -0.496 e. The minimum absolute atomic E-state index is 0.00984. The quantitative estimate of drug-likeness (QED) is 0.148. The Balaban J connectivity index is 1.27. The van der Waals surface area contributed by atoms with Gasteiger partial charge in [-0.25, -0.2) is 9.78 Å². The summed E-state index contributed by atoms with van der Waals surface area (Å²) in [6.45, 7) is 9.42. The summed E-state index contributed by atoms with van der Waals surface area (Å²) in [5, 5.41) is 0.961. The highest BCUT2D eigenvalue weighted by molar-refractivity contribution is 6.39. The smallest absolute Gasteiger partial charge is 0.410 e. The van der Waals surface area contributed by atoms with Gasteiger partial charge in [-0.05, 0) is 71.7 Å². The van der Waals surface area contributed by atoms with E-state index in [9.17, 15) is 4.79 Å². The molecule has 0 aliphatic carbocycles. The standard InChI is InChI=1S/C42H50Cl2N4O6/c1-42(2,3)54-41(49)48(31-17-22-53-23-18-31)26-28-11-10-27(24-36(28)50-5)39-38(44)33(14-19-45-39)32-8-7-9-34(37(32)43)35-13-12-29(40(46-35)51-6)25-47(4)30-15-20-52-21-16-30/h7-14,19,24,30-31H,15-18,20-23,25-26H2,1-6H3. The van der Waals surface area contributed by atoms with Crippen LogP contribution in [0.2, 0.25) is 10.0 Å². The molecule has 6 rings (SSSR count). The molecule has 12 heteroatoms. The Morgan fingerprint density at radius 1 is 0.815 bits per heavy atom. The van der Waals surface area contributed by atoms with Crippen molar-refractivity contribution in [3.05, 3.63) is 82.0 Å². The Morgan fingerprint density at radius 3 is 2.13 bits per heavy atom. The van der Waals surface area contributed by atoms with Crippen molar-refractivity contribution in [3.63, 3.8) is 0 Å². The van der Waals surface area contributed by atoms with Crippen molar-refractivity contribution in [2.45, 2.75) is 77.2 Å². The van der Waals surface area contributed by atoms with E-state index in [2.05, 4.69) is 23.0 Å². The van der Waals surface area contributed by atoms with Crippen LogP contribution in [0.25, 0.3) is 33.6 Å². The number of pyridine rings is 2. The molecule has 2 aliphatic heterocycles. The third kappa shape index (κ3) is 9.29. The summed E-state index contributed by atoms with van der Waals surface area (Å²) in [7, 11) is 5.39. The van der Waals surface area contributed by atoms with Crippen LogP contribution in [-0.4, -0.2) is 91.2 Å². The van der Waals surface area contributed by atoms with Gasteiger partial charge in [0.25, 0.3) is 0 Å². The molecule has 4 heterocycles. The van der Waals surface area contributed by atoms with Crippen LogP contribution in [0.3, 0.4) is 0 Å². The van der Waals surface area contributed by atoms with Crippen molar-refractivity contribution in [3.8, 4) is 45.3 Å². The second-order valence-corrected chi connectivity index (χ2v) is 15.5. The van der Waals surface area contributed by atoms with Crippen molar-refractivity contribution in [2.75, 3.05) is 47.7 Å². The molecule has 0 radical (unpaired) electrons. The van der Waals surface area contributed by atoms with Crippen LogP contribution in [-0.2, 0) is 27.3 Å². The molecule has 288 valence electrons. The van der Waals surface area contributed by atoms with Crippen molar-refractivity contribution < 1.29 is 28.5 Å². The first-order valence-corrected chi connectivity index (χ1v) is 19.2.